The number of benzene rings is 2. The molecule has 0 bridgehead atoms. The molecule has 5 nitrogen and oxygen atoms in total. The number of nitrogens with zero attached hydrogens (tertiary/aromatic N) is 1. The molecule has 0 spiro atoms. The summed E-state index contributed by atoms with van der Waals surface area (Å²) in [6.45, 7) is 0.651. The maximum Gasteiger partial charge on any atom is 0.177 e. The van der Waals surface area contributed by atoms with E-state index in [9.17, 15) is 0 Å². The standard InChI is InChI=1S/C24H22Cl2N2O3/c25-18-11-27-12-19(26)23(18)28-14-29-13-15-9-10-21(30-16-5-1-2-6-16)24-22(15)17-7-3-4-8-20(17)31-24/h3-4,7-12,16H,1-2,5-6,13-14H2,(H,27,28). The second-order valence-electron chi connectivity index (χ2n) is 7.70. The van der Waals surface area contributed by atoms with Crippen molar-refractivity contribution < 1.29 is 13.9 Å². The van der Waals surface area contributed by atoms with Crippen molar-refractivity contribution in [3.8, 4) is 5.75 Å². The lowest BCUT2D eigenvalue weighted by Gasteiger charge is -2.15. The van der Waals surface area contributed by atoms with Crippen LogP contribution < -0.4 is 10.1 Å². The number of ether oxygens (including phenoxy) is 2. The van der Waals surface area contributed by atoms with E-state index < -0.39 is 0 Å². The Morgan fingerprint density at radius 2 is 1.81 bits per heavy atom. The molecule has 1 aliphatic rings. The largest absolute Gasteiger partial charge is 0.486 e. The first-order valence-electron chi connectivity index (χ1n) is 10.4. The Morgan fingerprint density at radius 1 is 1.03 bits per heavy atom. The van der Waals surface area contributed by atoms with Gasteiger partial charge in [0.25, 0.3) is 0 Å². The van der Waals surface area contributed by atoms with Crippen molar-refractivity contribution in [2.24, 2.45) is 0 Å². The molecule has 1 aliphatic carbocycles. The molecule has 0 saturated heterocycles. The van der Waals surface area contributed by atoms with Gasteiger partial charge >= 0.3 is 0 Å². The lowest BCUT2D eigenvalue weighted by atomic mass is 10.1. The molecule has 0 unspecified atom stereocenters. The highest BCUT2D eigenvalue weighted by atomic mass is 35.5. The van der Waals surface area contributed by atoms with Gasteiger partial charge in [0.1, 0.15) is 12.3 Å². The third kappa shape index (κ3) is 4.18. The van der Waals surface area contributed by atoms with E-state index >= 15 is 0 Å². The van der Waals surface area contributed by atoms with Crippen molar-refractivity contribution in [3.05, 3.63) is 64.4 Å². The van der Waals surface area contributed by atoms with E-state index in [4.69, 9.17) is 37.1 Å². The number of hydrogen-bond acceptors (Lipinski definition) is 5. The molecule has 4 aromatic rings. The van der Waals surface area contributed by atoms with E-state index in [0.717, 1.165) is 46.1 Å². The molecular formula is C24H22Cl2N2O3. The number of aromatic nitrogens is 1. The number of anilines is 1. The zero-order valence-electron chi connectivity index (χ0n) is 16.9. The zero-order valence-corrected chi connectivity index (χ0v) is 18.4. The Morgan fingerprint density at radius 3 is 2.61 bits per heavy atom. The third-order valence-electron chi connectivity index (χ3n) is 5.63. The normalized spacial score (nSPS) is 14.5. The molecule has 0 atom stereocenters. The van der Waals surface area contributed by atoms with Crippen LogP contribution in [0.3, 0.4) is 0 Å². The third-order valence-corrected chi connectivity index (χ3v) is 6.21. The van der Waals surface area contributed by atoms with E-state index in [2.05, 4.69) is 22.4 Å². The Bertz CT molecular complexity index is 1200. The van der Waals surface area contributed by atoms with Crippen molar-refractivity contribution in [1.29, 1.82) is 0 Å². The lowest BCUT2D eigenvalue weighted by molar-refractivity contribution is 0.139. The van der Waals surface area contributed by atoms with Crippen LogP contribution in [-0.2, 0) is 11.3 Å². The SMILES string of the molecule is Clc1cncc(Cl)c1NCOCc1ccc(OC2CCCC2)c2oc3ccccc3c12. The molecule has 2 aromatic heterocycles. The van der Waals surface area contributed by atoms with E-state index in [0.29, 0.717) is 22.3 Å². The van der Waals surface area contributed by atoms with E-state index in [-0.39, 0.29) is 12.8 Å². The minimum absolute atomic E-state index is 0.251. The molecule has 1 N–H and O–H groups in total. The summed E-state index contributed by atoms with van der Waals surface area (Å²) in [6.07, 6.45) is 7.98. The second-order valence-corrected chi connectivity index (χ2v) is 8.51. The Balaban J connectivity index is 1.39. The molecule has 1 fully saturated rings. The summed E-state index contributed by atoms with van der Waals surface area (Å²) in [5.74, 6) is 0.801. The average molecular weight is 457 g/mol. The van der Waals surface area contributed by atoms with Gasteiger partial charge in [-0.25, -0.2) is 0 Å². The van der Waals surface area contributed by atoms with Crippen LogP contribution in [-0.4, -0.2) is 17.8 Å². The van der Waals surface area contributed by atoms with Crippen molar-refractivity contribution in [2.75, 3.05) is 12.0 Å². The number of hydrogen-bond donors (Lipinski definition) is 1. The van der Waals surface area contributed by atoms with Crippen LogP contribution in [0.1, 0.15) is 31.2 Å². The van der Waals surface area contributed by atoms with Crippen molar-refractivity contribution in [3.63, 3.8) is 0 Å². The fourth-order valence-electron chi connectivity index (χ4n) is 4.14. The van der Waals surface area contributed by atoms with Crippen LogP contribution in [0.2, 0.25) is 10.0 Å². The first-order valence-corrected chi connectivity index (χ1v) is 11.2. The van der Waals surface area contributed by atoms with E-state index in [1.807, 2.05) is 24.3 Å². The molecule has 0 aliphatic heterocycles. The number of nitrogens with one attached hydrogen (secondary N) is 1. The number of pyridine rings is 1. The molecule has 0 radical (unpaired) electrons. The molecule has 0 amide bonds. The van der Waals surface area contributed by atoms with Gasteiger partial charge in [-0.15, -0.1) is 0 Å². The second kappa shape index (κ2) is 8.95. The minimum atomic E-state index is 0.251. The minimum Gasteiger partial charge on any atom is -0.486 e. The molecule has 160 valence electrons. The summed E-state index contributed by atoms with van der Waals surface area (Å²) in [5.41, 5.74) is 3.27. The summed E-state index contributed by atoms with van der Waals surface area (Å²) >= 11 is 12.3. The van der Waals surface area contributed by atoms with Gasteiger partial charge in [-0.1, -0.05) is 47.5 Å². The molecule has 1 saturated carbocycles. The summed E-state index contributed by atoms with van der Waals surface area (Å²) < 4.78 is 18.4. The van der Waals surface area contributed by atoms with Crippen LogP contribution in [0.5, 0.6) is 5.75 Å². The number of halogens is 2. The van der Waals surface area contributed by atoms with Crippen molar-refractivity contribution in [2.45, 2.75) is 38.4 Å². The van der Waals surface area contributed by atoms with Gasteiger partial charge in [-0.2, -0.15) is 0 Å². The molecule has 2 heterocycles. The van der Waals surface area contributed by atoms with Gasteiger partial charge < -0.3 is 19.2 Å². The van der Waals surface area contributed by atoms with Gasteiger partial charge in [0.05, 0.1) is 28.4 Å². The summed E-state index contributed by atoms with van der Waals surface area (Å²) in [4.78, 5) is 3.96. The van der Waals surface area contributed by atoms with Gasteiger partial charge in [-0.05, 0) is 43.4 Å². The van der Waals surface area contributed by atoms with Crippen LogP contribution in [0.25, 0.3) is 21.9 Å². The predicted molar refractivity (Wildman–Crippen MR) is 124 cm³/mol. The smallest absolute Gasteiger partial charge is 0.177 e. The molecule has 31 heavy (non-hydrogen) atoms. The summed E-state index contributed by atoms with van der Waals surface area (Å²) in [5, 5.41) is 6.11. The summed E-state index contributed by atoms with van der Waals surface area (Å²) in [6, 6.07) is 12.1. The Kier molecular flexibility index (Phi) is 5.90. The Labute approximate surface area is 190 Å². The van der Waals surface area contributed by atoms with Gasteiger partial charge in [0, 0.05) is 23.2 Å². The maximum atomic E-state index is 6.30. The average Bonchev–Trinajstić information content (AvgIpc) is 3.42. The number of furan rings is 1. The molecular weight excluding hydrogens is 435 g/mol. The van der Waals surface area contributed by atoms with Crippen LogP contribution in [0, 0.1) is 0 Å². The van der Waals surface area contributed by atoms with Crippen LogP contribution in [0.4, 0.5) is 5.69 Å². The van der Waals surface area contributed by atoms with Gasteiger partial charge in [0.2, 0.25) is 0 Å². The monoisotopic (exact) mass is 456 g/mol. The first-order chi connectivity index (χ1) is 15.2. The van der Waals surface area contributed by atoms with Crippen molar-refractivity contribution in [1.82, 2.24) is 4.98 Å². The van der Waals surface area contributed by atoms with E-state index in [1.54, 1.807) is 12.4 Å². The predicted octanol–water partition coefficient (Wildman–Crippen LogP) is 7.20. The molecule has 2 aromatic carbocycles. The lowest BCUT2D eigenvalue weighted by Crippen LogP contribution is -2.11. The molecule has 7 heteroatoms. The van der Waals surface area contributed by atoms with Gasteiger partial charge in [-0.3, -0.25) is 4.98 Å². The van der Waals surface area contributed by atoms with Crippen LogP contribution >= 0.6 is 23.2 Å². The van der Waals surface area contributed by atoms with Crippen molar-refractivity contribution >= 4 is 50.8 Å². The topological polar surface area (TPSA) is 56.5 Å². The molecule has 5 rings (SSSR count). The first kappa shape index (κ1) is 20.4. The fourth-order valence-corrected chi connectivity index (χ4v) is 4.63. The highest BCUT2D eigenvalue weighted by Crippen LogP contribution is 2.39. The number of para-hydroxylation sites is 1. The zero-order chi connectivity index (χ0) is 21.2. The van der Waals surface area contributed by atoms with Crippen LogP contribution in [0.15, 0.2) is 53.2 Å². The maximum absolute atomic E-state index is 6.30. The highest BCUT2D eigenvalue weighted by Gasteiger charge is 2.21. The van der Waals surface area contributed by atoms with Gasteiger partial charge in [0.15, 0.2) is 11.3 Å². The highest BCUT2D eigenvalue weighted by molar-refractivity contribution is 6.38. The summed E-state index contributed by atoms with van der Waals surface area (Å²) in [7, 11) is 0. The Hall–Kier alpha value is -2.47. The number of fused-ring (bicyclic) bond motifs is 3. The quantitative estimate of drug-likeness (QED) is 0.235. The van der Waals surface area contributed by atoms with E-state index in [1.165, 1.54) is 12.8 Å². The number of rotatable bonds is 7. The fraction of sp³-hybridized carbons (Fsp3) is 0.292.